The normalized spacial score (nSPS) is 7.13. The molecule has 0 aliphatic heterocycles. The summed E-state index contributed by atoms with van der Waals surface area (Å²) in [6.45, 7) is 12.0. The average molecular weight is 364 g/mol. The third-order valence-electron chi connectivity index (χ3n) is 1.27. The van der Waals surface area contributed by atoms with Crippen molar-refractivity contribution in [3.8, 4) is 0 Å². The fraction of sp³-hybridized carbons (Fsp3) is 0.429. The summed E-state index contributed by atoms with van der Waals surface area (Å²) in [5.74, 6) is -4.36. The van der Waals surface area contributed by atoms with Crippen LogP contribution in [-0.4, -0.2) is 23.9 Å². The van der Waals surface area contributed by atoms with E-state index in [9.17, 15) is 39.6 Å². The summed E-state index contributed by atoms with van der Waals surface area (Å²) in [6.07, 6.45) is 0.222. The molecule has 0 saturated heterocycles. The Labute approximate surface area is 150 Å². The summed E-state index contributed by atoms with van der Waals surface area (Å²) < 4.78 is 0. The number of aliphatic carboxylic acids is 4. The molecule has 9 heteroatoms. The first-order valence-electron chi connectivity index (χ1n) is 5.96. The Morgan fingerprint density at radius 3 is 0.783 bits per heavy atom. The minimum absolute atomic E-state index is 0. The smallest absolute Gasteiger partial charge is 0.550 e. The molecule has 0 fully saturated rings. The van der Waals surface area contributed by atoms with Gasteiger partial charge in [0.25, 0.3) is 0 Å². The minimum atomic E-state index is -1.19. The first-order chi connectivity index (χ1) is 9.83. The summed E-state index contributed by atoms with van der Waals surface area (Å²) in [6, 6.07) is 0. The van der Waals surface area contributed by atoms with Gasteiger partial charge in [-0.3, -0.25) is 0 Å². The van der Waals surface area contributed by atoms with Crippen LogP contribution in [0.3, 0.4) is 0 Å². The monoisotopic (exact) mass is 364 g/mol. The van der Waals surface area contributed by atoms with E-state index < -0.39 is 23.9 Å². The molecule has 0 aromatic rings. The molecule has 0 spiro atoms. The van der Waals surface area contributed by atoms with Gasteiger partial charge in [0.05, 0.1) is 11.9 Å². The van der Waals surface area contributed by atoms with Crippen LogP contribution < -0.4 is 20.4 Å². The van der Waals surface area contributed by atoms with Crippen molar-refractivity contribution in [2.75, 3.05) is 0 Å². The van der Waals surface area contributed by atoms with E-state index in [1.54, 1.807) is 0 Å². The fourth-order valence-electron chi connectivity index (χ4n) is 0. The molecule has 23 heavy (non-hydrogen) atoms. The summed E-state index contributed by atoms with van der Waals surface area (Å²) in [7, 11) is 0. The third kappa shape index (κ3) is 64.6. The van der Waals surface area contributed by atoms with Gasteiger partial charge < -0.3 is 39.6 Å². The average Bonchev–Trinajstić information content (AvgIpc) is 2.40. The van der Waals surface area contributed by atoms with Crippen LogP contribution in [-0.2, 0) is 40.9 Å². The molecule has 0 aromatic heterocycles. The van der Waals surface area contributed by atoms with Crippen LogP contribution in [0.25, 0.3) is 0 Å². The van der Waals surface area contributed by atoms with E-state index in [2.05, 4.69) is 13.2 Å². The molecule has 0 heterocycles. The Hall–Kier alpha value is -1.93. The van der Waals surface area contributed by atoms with Gasteiger partial charge in [-0.05, 0) is 37.8 Å². The van der Waals surface area contributed by atoms with Crippen LogP contribution in [0.5, 0.6) is 0 Å². The Morgan fingerprint density at radius 2 is 0.783 bits per heavy atom. The number of rotatable bonds is 4. The number of carbonyl (C=O) groups excluding carboxylic acids is 4. The second-order valence-corrected chi connectivity index (χ2v) is 3.59. The van der Waals surface area contributed by atoms with Gasteiger partial charge >= 0.3 is 21.7 Å². The van der Waals surface area contributed by atoms with Crippen LogP contribution >= 0.6 is 0 Å². The SMILES string of the molecule is C=C(C)C(=O)[O-].C=C(C)C(=O)[O-].CCC(=O)[O-].CCC(=O)[O-].[Ti+4]. The predicted molar refractivity (Wildman–Crippen MR) is 70.2 cm³/mol. The first kappa shape index (κ1) is 32.9. The van der Waals surface area contributed by atoms with Crippen molar-refractivity contribution in [2.45, 2.75) is 40.5 Å². The quantitative estimate of drug-likeness (QED) is 0.375. The molecule has 0 amide bonds. The van der Waals surface area contributed by atoms with Crippen LogP contribution in [0.4, 0.5) is 0 Å². The van der Waals surface area contributed by atoms with Gasteiger partial charge in [-0.2, -0.15) is 0 Å². The van der Waals surface area contributed by atoms with Crippen LogP contribution in [0, 0.1) is 0 Å². The number of carbonyl (C=O) groups is 4. The van der Waals surface area contributed by atoms with Crippen molar-refractivity contribution in [1.82, 2.24) is 0 Å². The summed E-state index contributed by atoms with van der Waals surface area (Å²) in [5.41, 5.74) is 0.130. The molecular formula is C14H20O8Ti. The van der Waals surface area contributed by atoms with E-state index in [-0.39, 0.29) is 45.7 Å². The van der Waals surface area contributed by atoms with Gasteiger partial charge in [-0.15, -0.1) is 0 Å². The summed E-state index contributed by atoms with van der Waals surface area (Å²) in [4.78, 5) is 37.5. The largest absolute Gasteiger partial charge is 4.00 e. The number of carboxylic acids is 4. The molecule has 0 N–H and O–H groups in total. The number of hydrogen-bond donors (Lipinski definition) is 0. The van der Waals surface area contributed by atoms with Gasteiger partial charge in [0, 0.05) is 11.9 Å². The second kappa shape index (κ2) is 22.4. The van der Waals surface area contributed by atoms with Crippen molar-refractivity contribution < 1.29 is 61.3 Å². The van der Waals surface area contributed by atoms with E-state index in [4.69, 9.17) is 0 Å². The predicted octanol–water partition coefficient (Wildman–Crippen LogP) is -3.09. The molecule has 128 valence electrons. The first-order valence-corrected chi connectivity index (χ1v) is 5.96. The van der Waals surface area contributed by atoms with Gasteiger partial charge in [-0.25, -0.2) is 0 Å². The summed E-state index contributed by atoms with van der Waals surface area (Å²) >= 11 is 0. The van der Waals surface area contributed by atoms with Crippen molar-refractivity contribution in [3.05, 3.63) is 24.3 Å². The minimum Gasteiger partial charge on any atom is -0.550 e. The van der Waals surface area contributed by atoms with Crippen molar-refractivity contribution in [1.29, 1.82) is 0 Å². The van der Waals surface area contributed by atoms with Crippen molar-refractivity contribution in [3.63, 3.8) is 0 Å². The van der Waals surface area contributed by atoms with E-state index in [0.717, 1.165) is 0 Å². The maximum absolute atomic E-state index is 9.49. The molecule has 0 aliphatic carbocycles. The molecule has 0 bridgehead atoms. The molecule has 0 atom stereocenters. The zero-order chi connectivity index (χ0) is 18.9. The zero-order valence-corrected chi connectivity index (χ0v) is 15.2. The topological polar surface area (TPSA) is 161 Å². The maximum atomic E-state index is 9.49. The van der Waals surface area contributed by atoms with Crippen LogP contribution in [0.15, 0.2) is 24.3 Å². The number of carboxylic acid groups (broad SMARTS) is 4. The van der Waals surface area contributed by atoms with Crippen LogP contribution in [0.1, 0.15) is 40.5 Å². The van der Waals surface area contributed by atoms with Gasteiger partial charge in [0.15, 0.2) is 0 Å². The van der Waals surface area contributed by atoms with Crippen LogP contribution in [0.2, 0.25) is 0 Å². The van der Waals surface area contributed by atoms with E-state index in [0.29, 0.717) is 0 Å². The van der Waals surface area contributed by atoms with Crippen molar-refractivity contribution >= 4 is 23.9 Å². The number of hydrogen-bond acceptors (Lipinski definition) is 8. The molecule has 0 saturated carbocycles. The molecular weight excluding hydrogens is 344 g/mol. The van der Waals surface area contributed by atoms with E-state index in [1.807, 2.05) is 0 Å². The van der Waals surface area contributed by atoms with Gasteiger partial charge in [-0.1, -0.05) is 27.0 Å². The molecule has 0 aliphatic rings. The molecule has 0 aromatic carbocycles. The Bertz CT molecular complexity index is 340. The molecule has 0 radical (unpaired) electrons. The van der Waals surface area contributed by atoms with Gasteiger partial charge in [0.1, 0.15) is 0 Å². The van der Waals surface area contributed by atoms with Crippen molar-refractivity contribution in [2.24, 2.45) is 0 Å². The zero-order valence-electron chi connectivity index (χ0n) is 13.6. The van der Waals surface area contributed by atoms with E-state index >= 15 is 0 Å². The Kier molecular flexibility index (Phi) is 31.9. The second-order valence-electron chi connectivity index (χ2n) is 3.59. The standard InChI is InChI=1S/2C4H6O2.2C3H6O2.Ti/c2*1-3(2)4(5)6;2*1-2-3(4)5;/h2*1H2,2H3,(H,5,6);2*2H2,1H3,(H,4,5);/q;;;;+4/p-4. The molecule has 0 unspecified atom stereocenters. The summed E-state index contributed by atoms with van der Waals surface area (Å²) in [5, 5.41) is 37.5. The van der Waals surface area contributed by atoms with Gasteiger partial charge in [0.2, 0.25) is 0 Å². The Morgan fingerprint density at radius 1 is 0.696 bits per heavy atom. The molecule has 8 nitrogen and oxygen atoms in total. The third-order valence-corrected chi connectivity index (χ3v) is 1.27. The Balaban J connectivity index is -0.0000000620. The fourth-order valence-corrected chi connectivity index (χ4v) is 0. The maximum Gasteiger partial charge on any atom is 4.00 e. The van der Waals surface area contributed by atoms with E-state index in [1.165, 1.54) is 27.7 Å². The molecule has 0 rings (SSSR count).